The van der Waals surface area contributed by atoms with E-state index in [-0.39, 0.29) is 5.69 Å². The maximum absolute atomic E-state index is 10.8. The summed E-state index contributed by atoms with van der Waals surface area (Å²) in [5.41, 5.74) is 3.67. The molecule has 0 aliphatic heterocycles. The van der Waals surface area contributed by atoms with E-state index in [1.807, 2.05) is 5.48 Å². The van der Waals surface area contributed by atoms with E-state index in [0.717, 1.165) is 5.52 Å². The van der Waals surface area contributed by atoms with Crippen LogP contribution in [0.4, 0.5) is 5.69 Å². The highest BCUT2D eigenvalue weighted by Gasteiger charge is 1.97. The van der Waals surface area contributed by atoms with Gasteiger partial charge in [-0.1, -0.05) is 0 Å². The fraction of sp³-hybridized carbons (Fsp3) is 0. The molecule has 62 valence electrons. The molecule has 0 fully saturated rings. The number of hydrogen-bond donors (Lipinski definition) is 4. The van der Waals surface area contributed by atoms with Gasteiger partial charge in [0, 0.05) is 0 Å². The minimum atomic E-state index is -0.250. The Morgan fingerprint density at radius 2 is 2.00 bits per heavy atom. The molecule has 0 amide bonds. The van der Waals surface area contributed by atoms with Crippen molar-refractivity contribution >= 4 is 16.7 Å². The monoisotopic (exact) mass is 165 g/mol. The molecule has 0 aliphatic carbocycles. The Morgan fingerprint density at radius 3 is 2.75 bits per heavy atom. The average molecular weight is 165 g/mol. The SMILES string of the molecule is O=c1[nH]c2ccc(NO)cc2[nH]1. The first kappa shape index (κ1) is 6.93. The number of nitrogens with one attached hydrogen (secondary N) is 3. The number of fused-ring (bicyclic) bond motifs is 1. The van der Waals surface area contributed by atoms with Crippen LogP contribution in [-0.2, 0) is 0 Å². The van der Waals surface area contributed by atoms with Gasteiger partial charge in [-0.25, -0.2) is 4.79 Å². The number of imidazole rings is 1. The maximum atomic E-state index is 10.8. The molecule has 5 heteroatoms. The second-order valence-electron chi connectivity index (χ2n) is 2.45. The molecule has 12 heavy (non-hydrogen) atoms. The minimum absolute atomic E-state index is 0.250. The average Bonchev–Trinajstić information content (AvgIpc) is 2.43. The van der Waals surface area contributed by atoms with Crippen LogP contribution in [-0.4, -0.2) is 15.2 Å². The molecule has 0 aliphatic rings. The zero-order valence-electron chi connectivity index (χ0n) is 6.09. The van der Waals surface area contributed by atoms with Crippen molar-refractivity contribution in [1.82, 2.24) is 9.97 Å². The fourth-order valence-electron chi connectivity index (χ4n) is 1.10. The summed E-state index contributed by atoms with van der Waals surface area (Å²) in [7, 11) is 0. The normalized spacial score (nSPS) is 10.4. The summed E-state index contributed by atoms with van der Waals surface area (Å²) < 4.78 is 0. The van der Waals surface area contributed by atoms with Crippen molar-refractivity contribution in [2.75, 3.05) is 5.48 Å². The van der Waals surface area contributed by atoms with E-state index in [1.165, 1.54) is 0 Å². The number of anilines is 1. The molecule has 4 N–H and O–H groups in total. The van der Waals surface area contributed by atoms with E-state index in [2.05, 4.69) is 9.97 Å². The molecule has 0 spiro atoms. The first-order chi connectivity index (χ1) is 5.79. The van der Waals surface area contributed by atoms with Crippen LogP contribution in [0.1, 0.15) is 0 Å². The zero-order chi connectivity index (χ0) is 8.55. The number of benzene rings is 1. The number of aromatic nitrogens is 2. The van der Waals surface area contributed by atoms with Crippen LogP contribution in [0.2, 0.25) is 0 Å². The van der Waals surface area contributed by atoms with Crippen molar-refractivity contribution < 1.29 is 5.21 Å². The lowest BCUT2D eigenvalue weighted by Gasteiger charge is -1.95. The number of aromatic amines is 2. The van der Waals surface area contributed by atoms with E-state index in [0.29, 0.717) is 11.2 Å². The molecule has 0 bridgehead atoms. The van der Waals surface area contributed by atoms with Crippen LogP contribution in [0.25, 0.3) is 11.0 Å². The molecule has 2 aromatic rings. The molecule has 1 heterocycles. The molecule has 0 saturated carbocycles. The smallest absolute Gasteiger partial charge is 0.306 e. The fourth-order valence-corrected chi connectivity index (χ4v) is 1.10. The highest BCUT2D eigenvalue weighted by molar-refractivity contribution is 5.78. The standard InChI is InChI=1S/C7H7N3O2/c11-7-8-5-2-1-4(10-12)3-6(5)9-7/h1-3,10,12H,(H2,8,9,11). The molecule has 0 radical (unpaired) electrons. The molecular formula is C7H7N3O2. The van der Waals surface area contributed by atoms with Gasteiger partial charge in [0.05, 0.1) is 16.7 Å². The largest absolute Gasteiger partial charge is 0.323 e. The van der Waals surface area contributed by atoms with Gasteiger partial charge in [-0.05, 0) is 18.2 Å². The molecular weight excluding hydrogens is 158 g/mol. The Kier molecular flexibility index (Phi) is 1.38. The third kappa shape index (κ3) is 0.960. The van der Waals surface area contributed by atoms with Crippen LogP contribution in [0, 0.1) is 0 Å². The van der Waals surface area contributed by atoms with E-state index < -0.39 is 0 Å². The van der Waals surface area contributed by atoms with Gasteiger partial charge < -0.3 is 9.97 Å². The summed E-state index contributed by atoms with van der Waals surface area (Å²) in [6, 6.07) is 4.99. The second-order valence-corrected chi connectivity index (χ2v) is 2.45. The summed E-state index contributed by atoms with van der Waals surface area (Å²) in [5.74, 6) is 0. The molecule has 0 unspecified atom stereocenters. The predicted molar refractivity (Wildman–Crippen MR) is 44.3 cm³/mol. The van der Waals surface area contributed by atoms with Crippen molar-refractivity contribution in [3.8, 4) is 0 Å². The third-order valence-electron chi connectivity index (χ3n) is 1.65. The minimum Gasteiger partial charge on any atom is -0.306 e. The topological polar surface area (TPSA) is 80.9 Å². The second kappa shape index (κ2) is 2.38. The Bertz CT molecular complexity index is 457. The van der Waals surface area contributed by atoms with Crippen molar-refractivity contribution in [2.45, 2.75) is 0 Å². The van der Waals surface area contributed by atoms with Crippen molar-refractivity contribution in [2.24, 2.45) is 0 Å². The number of hydrogen-bond acceptors (Lipinski definition) is 3. The third-order valence-corrected chi connectivity index (χ3v) is 1.65. The van der Waals surface area contributed by atoms with Gasteiger partial charge >= 0.3 is 5.69 Å². The number of rotatable bonds is 1. The summed E-state index contributed by atoms with van der Waals surface area (Å²) in [4.78, 5) is 16.0. The highest BCUT2D eigenvalue weighted by Crippen LogP contribution is 2.12. The molecule has 0 saturated heterocycles. The van der Waals surface area contributed by atoms with Crippen molar-refractivity contribution in [3.63, 3.8) is 0 Å². The molecule has 5 nitrogen and oxygen atoms in total. The highest BCUT2D eigenvalue weighted by atomic mass is 16.5. The summed E-state index contributed by atoms with van der Waals surface area (Å²) >= 11 is 0. The zero-order valence-corrected chi connectivity index (χ0v) is 6.09. The predicted octanol–water partition coefficient (Wildman–Crippen LogP) is 0.657. The Labute approximate surface area is 67.0 Å². The molecule has 1 aromatic carbocycles. The maximum Gasteiger partial charge on any atom is 0.323 e. The van der Waals surface area contributed by atoms with Gasteiger partial charge in [0.25, 0.3) is 0 Å². The first-order valence-electron chi connectivity index (χ1n) is 3.42. The van der Waals surface area contributed by atoms with Crippen LogP contribution >= 0.6 is 0 Å². The van der Waals surface area contributed by atoms with Crippen LogP contribution in [0.5, 0.6) is 0 Å². The van der Waals surface area contributed by atoms with Gasteiger partial charge in [-0.15, -0.1) is 0 Å². The van der Waals surface area contributed by atoms with Gasteiger partial charge in [0.1, 0.15) is 0 Å². The van der Waals surface area contributed by atoms with Gasteiger partial charge in [0.2, 0.25) is 0 Å². The van der Waals surface area contributed by atoms with E-state index in [1.54, 1.807) is 18.2 Å². The van der Waals surface area contributed by atoms with Crippen molar-refractivity contribution in [3.05, 3.63) is 28.7 Å². The Morgan fingerprint density at radius 1 is 1.25 bits per heavy atom. The lowest BCUT2D eigenvalue weighted by atomic mass is 10.3. The van der Waals surface area contributed by atoms with Gasteiger partial charge in [-0.2, -0.15) is 0 Å². The summed E-state index contributed by atoms with van der Waals surface area (Å²) in [6.07, 6.45) is 0. The molecule has 2 rings (SSSR count). The van der Waals surface area contributed by atoms with Crippen LogP contribution in [0.3, 0.4) is 0 Å². The Hall–Kier alpha value is -1.75. The number of H-pyrrole nitrogens is 2. The summed E-state index contributed by atoms with van der Waals surface area (Å²) in [6.45, 7) is 0. The van der Waals surface area contributed by atoms with Gasteiger partial charge in [-0.3, -0.25) is 10.7 Å². The van der Waals surface area contributed by atoms with E-state index >= 15 is 0 Å². The Balaban J connectivity index is 2.74. The summed E-state index contributed by atoms with van der Waals surface area (Å²) in [5, 5.41) is 8.55. The van der Waals surface area contributed by atoms with Crippen LogP contribution in [0.15, 0.2) is 23.0 Å². The molecule has 1 aromatic heterocycles. The van der Waals surface area contributed by atoms with E-state index in [9.17, 15) is 4.79 Å². The van der Waals surface area contributed by atoms with Crippen LogP contribution < -0.4 is 11.2 Å². The quantitative estimate of drug-likeness (QED) is 0.468. The van der Waals surface area contributed by atoms with Crippen molar-refractivity contribution in [1.29, 1.82) is 0 Å². The van der Waals surface area contributed by atoms with E-state index in [4.69, 9.17) is 5.21 Å². The lowest BCUT2D eigenvalue weighted by molar-refractivity contribution is 0.389. The first-order valence-corrected chi connectivity index (χ1v) is 3.42. The lowest BCUT2D eigenvalue weighted by Crippen LogP contribution is -1.99. The van der Waals surface area contributed by atoms with Gasteiger partial charge in [0.15, 0.2) is 0 Å². The molecule has 0 atom stereocenters.